The number of hydrogen-bond acceptors (Lipinski definition) is 5. The minimum Gasteiger partial charge on any atom is -0.348 e. The van der Waals surface area contributed by atoms with Crippen LogP contribution < -0.4 is 5.73 Å². The highest BCUT2D eigenvalue weighted by atomic mass is 16.2. The van der Waals surface area contributed by atoms with Crippen LogP contribution in [0.4, 0.5) is 4.79 Å². The topological polar surface area (TPSA) is 116 Å². The highest BCUT2D eigenvalue weighted by Gasteiger charge is 2.29. The van der Waals surface area contributed by atoms with E-state index in [1.807, 2.05) is 6.07 Å². The van der Waals surface area contributed by atoms with Gasteiger partial charge in [0.25, 0.3) is 0 Å². The summed E-state index contributed by atoms with van der Waals surface area (Å²) in [6.07, 6.45) is 2.10. The summed E-state index contributed by atoms with van der Waals surface area (Å²) in [6, 6.07) is 0.943. The zero-order chi connectivity index (χ0) is 23.0. The molecule has 7 nitrogen and oxygen atoms in total. The van der Waals surface area contributed by atoms with Gasteiger partial charge in [-0.15, -0.1) is 0 Å². The van der Waals surface area contributed by atoms with Gasteiger partial charge in [0.05, 0.1) is 17.1 Å². The Balaban J connectivity index is 0. The Hall–Kier alpha value is -1.84. The van der Waals surface area contributed by atoms with Crippen LogP contribution >= 0.6 is 0 Å². The summed E-state index contributed by atoms with van der Waals surface area (Å²) < 4.78 is 0. The van der Waals surface area contributed by atoms with E-state index in [2.05, 4.69) is 95.4 Å². The molecule has 2 N–H and O–H groups in total. The lowest BCUT2D eigenvalue weighted by atomic mass is 9.81. The number of urea groups is 1. The van der Waals surface area contributed by atoms with Gasteiger partial charge in [0.1, 0.15) is 0 Å². The molecule has 0 heterocycles. The van der Waals surface area contributed by atoms with E-state index in [-0.39, 0.29) is 21.9 Å². The third-order valence-corrected chi connectivity index (χ3v) is 3.19. The highest BCUT2D eigenvalue weighted by molar-refractivity contribution is 5.71. The van der Waals surface area contributed by atoms with Crippen LogP contribution in [-0.4, -0.2) is 22.6 Å². The van der Waals surface area contributed by atoms with Gasteiger partial charge in [-0.05, 0) is 65.2 Å². The lowest BCUT2D eigenvalue weighted by Gasteiger charge is -2.31. The number of amides is 2. The second-order valence-corrected chi connectivity index (χ2v) is 11.5. The lowest BCUT2D eigenvalue weighted by Crippen LogP contribution is -2.28. The van der Waals surface area contributed by atoms with Gasteiger partial charge in [0.15, 0.2) is 5.54 Å². The average Bonchev–Trinajstić information content (AvgIpc) is 2.39. The van der Waals surface area contributed by atoms with Crippen molar-refractivity contribution in [2.45, 2.75) is 113 Å². The van der Waals surface area contributed by atoms with Gasteiger partial charge in [-0.3, -0.25) is 0 Å². The summed E-state index contributed by atoms with van der Waals surface area (Å²) in [7, 11) is 0. The maximum atomic E-state index is 10.0. The second kappa shape index (κ2) is 10.1. The van der Waals surface area contributed by atoms with Crippen LogP contribution in [0.15, 0.2) is 20.5 Å². The Labute approximate surface area is 172 Å². The summed E-state index contributed by atoms with van der Waals surface area (Å²) in [4.78, 5) is 10.0. The predicted octanol–water partition coefficient (Wildman–Crippen LogP) is 6.69. The van der Waals surface area contributed by atoms with Gasteiger partial charge in [-0.1, -0.05) is 46.7 Å². The molecule has 0 unspecified atom stereocenters. The molecule has 0 saturated heterocycles. The van der Waals surface area contributed by atoms with Crippen molar-refractivity contribution in [3.8, 4) is 6.07 Å². The van der Waals surface area contributed by atoms with Crippen LogP contribution in [0, 0.1) is 22.2 Å². The van der Waals surface area contributed by atoms with E-state index in [0.29, 0.717) is 0 Å². The summed E-state index contributed by atoms with van der Waals surface area (Å²) in [5.41, 5.74) is 4.11. The minimum atomic E-state index is -0.963. The molecule has 0 aromatic rings. The standard InChI is InChI=1S/C16H34N2.C5H8N4O/c1-13(2,3)11-15(7,8)17-18-16(9,10)12-14(4,5)6;1-5(2,3-6)9-8-4(7)10/h11-12H2,1-10H3;1-2H3,(H2,7,10). The third kappa shape index (κ3) is 18.9. The number of carbonyl (C=O) groups is 1. The zero-order valence-electron chi connectivity index (χ0n) is 20.1. The molecule has 0 aliphatic rings. The van der Waals surface area contributed by atoms with E-state index in [0.717, 1.165) is 12.8 Å². The lowest BCUT2D eigenvalue weighted by molar-refractivity contribution is 0.248. The number of carbonyl (C=O) groups excluding carboxylic acids is 1. The molecule has 0 rings (SSSR count). The summed E-state index contributed by atoms with van der Waals surface area (Å²) >= 11 is 0. The first-order valence-corrected chi connectivity index (χ1v) is 9.68. The van der Waals surface area contributed by atoms with Crippen molar-refractivity contribution in [1.82, 2.24) is 0 Å². The van der Waals surface area contributed by atoms with Gasteiger partial charge in [0.2, 0.25) is 0 Å². The fourth-order valence-corrected chi connectivity index (χ4v) is 3.13. The van der Waals surface area contributed by atoms with E-state index in [1.165, 1.54) is 13.8 Å². The van der Waals surface area contributed by atoms with Crippen molar-refractivity contribution in [2.75, 3.05) is 0 Å². The Bertz CT molecular complexity index is 566. The smallest absolute Gasteiger partial charge is 0.348 e. The van der Waals surface area contributed by atoms with Crippen molar-refractivity contribution in [3.63, 3.8) is 0 Å². The maximum Gasteiger partial charge on any atom is 0.356 e. The maximum absolute atomic E-state index is 10.0. The van der Waals surface area contributed by atoms with Crippen LogP contribution in [-0.2, 0) is 0 Å². The molecular formula is C21H42N6O. The molecule has 162 valence electrons. The quantitative estimate of drug-likeness (QED) is 0.523. The predicted molar refractivity (Wildman–Crippen MR) is 115 cm³/mol. The largest absolute Gasteiger partial charge is 0.356 e. The Morgan fingerprint density at radius 3 is 1.29 bits per heavy atom. The van der Waals surface area contributed by atoms with Crippen LogP contribution in [0.1, 0.15) is 95.9 Å². The first-order valence-electron chi connectivity index (χ1n) is 9.68. The molecule has 0 aliphatic heterocycles. The van der Waals surface area contributed by atoms with E-state index < -0.39 is 11.6 Å². The van der Waals surface area contributed by atoms with Gasteiger partial charge in [-0.2, -0.15) is 20.6 Å². The summed E-state index contributed by atoms with van der Waals surface area (Å²) in [5.74, 6) is 0. The Kier molecular flexibility index (Phi) is 10.2. The highest BCUT2D eigenvalue weighted by Crippen LogP contribution is 2.33. The van der Waals surface area contributed by atoms with Gasteiger partial charge in [-0.25, -0.2) is 4.79 Å². The van der Waals surface area contributed by atoms with Gasteiger partial charge in [0, 0.05) is 0 Å². The monoisotopic (exact) mass is 394 g/mol. The fourth-order valence-electron chi connectivity index (χ4n) is 3.13. The number of nitrogens with zero attached hydrogens (tertiary/aromatic N) is 5. The zero-order valence-corrected chi connectivity index (χ0v) is 20.1. The SMILES string of the molecule is CC(C)(C#N)N=NC(N)=O.CC(C)(C)CC(C)(C)N=NC(C)(C)CC(C)(C)C. The van der Waals surface area contributed by atoms with Crippen LogP contribution in [0.5, 0.6) is 0 Å². The number of nitrogens with two attached hydrogens (primary N) is 1. The average molecular weight is 395 g/mol. The molecule has 0 aliphatic carbocycles. The first-order chi connectivity index (χ1) is 12.1. The Morgan fingerprint density at radius 1 is 0.750 bits per heavy atom. The molecule has 0 bridgehead atoms. The van der Waals surface area contributed by atoms with Crippen molar-refractivity contribution >= 4 is 6.03 Å². The number of nitriles is 1. The minimum absolute atomic E-state index is 0.0760. The number of azo groups is 2. The number of primary amides is 1. The van der Waals surface area contributed by atoms with E-state index in [9.17, 15) is 4.79 Å². The van der Waals surface area contributed by atoms with Crippen molar-refractivity contribution in [2.24, 2.45) is 37.0 Å². The fraction of sp³-hybridized carbons (Fsp3) is 0.905. The van der Waals surface area contributed by atoms with Crippen molar-refractivity contribution in [1.29, 1.82) is 5.26 Å². The molecule has 7 heteroatoms. The van der Waals surface area contributed by atoms with E-state index >= 15 is 0 Å². The molecule has 28 heavy (non-hydrogen) atoms. The molecule has 0 fully saturated rings. The van der Waals surface area contributed by atoms with E-state index in [4.69, 9.17) is 5.26 Å². The molecular weight excluding hydrogens is 352 g/mol. The van der Waals surface area contributed by atoms with E-state index in [1.54, 1.807) is 0 Å². The normalized spacial score (nSPS) is 14.0. The molecule has 2 amide bonds. The van der Waals surface area contributed by atoms with Crippen molar-refractivity contribution < 1.29 is 4.79 Å². The molecule has 0 atom stereocenters. The molecule has 0 radical (unpaired) electrons. The molecule has 0 aromatic heterocycles. The summed E-state index contributed by atoms with van der Waals surface area (Å²) in [5, 5.41) is 24.0. The third-order valence-electron chi connectivity index (χ3n) is 3.19. The molecule has 0 aromatic carbocycles. The van der Waals surface area contributed by atoms with Crippen molar-refractivity contribution in [3.05, 3.63) is 0 Å². The molecule has 0 spiro atoms. The number of rotatable bonds is 5. The molecule has 0 saturated carbocycles. The van der Waals surface area contributed by atoms with Crippen LogP contribution in [0.25, 0.3) is 0 Å². The van der Waals surface area contributed by atoms with Crippen LogP contribution in [0.3, 0.4) is 0 Å². The summed E-state index contributed by atoms with van der Waals surface area (Å²) in [6.45, 7) is 25.3. The number of hydrogen-bond donors (Lipinski definition) is 1. The first kappa shape index (κ1) is 28.4. The van der Waals surface area contributed by atoms with Gasteiger partial charge < -0.3 is 5.73 Å². The second-order valence-electron chi connectivity index (χ2n) is 11.5. The van der Waals surface area contributed by atoms with Gasteiger partial charge >= 0.3 is 6.03 Å². The van der Waals surface area contributed by atoms with Crippen LogP contribution in [0.2, 0.25) is 0 Å². The Morgan fingerprint density at radius 2 is 1.07 bits per heavy atom.